The van der Waals surface area contributed by atoms with Gasteiger partial charge in [-0.1, -0.05) is 26.0 Å². The van der Waals surface area contributed by atoms with Gasteiger partial charge in [0.05, 0.1) is 30.7 Å². The van der Waals surface area contributed by atoms with E-state index in [4.69, 9.17) is 9.47 Å². The van der Waals surface area contributed by atoms with Crippen molar-refractivity contribution in [1.29, 1.82) is 0 Å². The summed E-state index contributed by atoms with van der Waals surface area (Å²) in [5.41, 5.74) is 1.59. The van der Waals surface area contributed by atoms with Crippen molar-refractivity contribution in [2.45, 2.75) is 33.2 Å². The van der Waals surface area contributed by atoms with Crippen LogP contribution in [0.1, 0.15) is 32.5 Å². The zero-order chi connectivity index (χ0) is 21.8. The molecule has 0 saturated carbocycles. The highest BCUT2D eigenvalue weighted by molar-refractivity contribution is 5.80. The number of aromatic nitrogens is 4. The number of benzene rings is 2. The number of hydrogen-bond donors (Lipinski definition) is 1. The Kier molecular flexibility index (Phi) is 6.06. The minimum Gasteiger partial charge on any atom is -0.490 e. The summed E-state index contributed by atoms with van der Waals surface area (Å²) in [4.78, 5) is 12.6. The van der Waals surface area contributed by atoms with Crippen LogP contribution in [0.15, 0.2) is 47.3 Å². The zero-order valence-electron chi connectivity index (χ0n) is 18.1. The molecule has 0 unspecified atom stereocenters. The molecule has 0 fully saturated rings. The smallest absolute Gasteiger partial charge is 0.262 e. The summed E-state index contributed by atoms with van der Waals surface area (Å²) in [5.74, 6) is 2.69. The molecule has 0 saturated heterocycles. The van der Waals surface area contributed by atoms with E-state index in [-0.39, 0.29) is 5.56 Å². The molecule has 4 rings (SSSR count). The number of aryl methyl sites for hydroxylation is 1. The maximum atomic E-state index is 12.6. The molecule has 0 atom stereocenters. The molecule has 0 amide bonds. The normalized spacial score (nSPS) is 11.2. The van der Waals surface area contributed by atoms with Crippen LogP contribution in [0.5, 0.6) is 11.5 Å². The quantitative estimate of drug-likeness (QED) is 0.443. The van der Waals surface area contributed by atoms with Gasteiger partial charge in [0.1, 0.15) is 0 Å². The van der Waals surface area contributed by atoms with Crippen molar-refractivity contribution in [3.05, 3.63) is 58.6 Å². The molecule has 0 radical (unpaired) electrons. The largest absolute Gasteiger partial charge is 0.490 e. The van der Waals surface area contributed by atoms with Gasteiger partial charge in [0.25, 0.3) is 5.56 Å². The number of para-hydroxylation sites is 1. The minimum absolute atomic E-state index is 0.0876. The molecule has 2 aromatic heterocycles. The van der Waals surface area contributed by atoms with E-state index in [2.05, 4.69) is 29.4 Å². The lowest BCUT2D eigenvalue weighted by molar-refractivity contribution is 0.268. The summed E-state index contributed by atoms with van der Waals surface area (Å²) in [7, 11) is 1.71. The van der Waals surface area contributed by atoms with Crippen molar-refractivity contribution in [2.75, 3.05) is 18.5 Å². The number of rotatable bonds is 9. The topological polar surface area (TPSA) is 82.7 Å². The molecule has 162 valence electrons. The second-order valence-corrected chi connectivity index (χ2v) is 7.34. The van der Waals surface area contributed by atoms with Crippen molar-refractivity contribution in [3.63, 3.8) is 0 Å². The lowest BCUT2D eigenvalue weighted by Gasteiger charge is -2.14. The lowest BCUT2D eigenvalue weighted by Crippen LogP contribution is -2.20. The van der Waals surface area contributed by atoms with E-state index < -0.39 is 0 Å². The highest BCUT2D eigenvalue weighted by atomic mass is 16.5. The van der Waals surface area contributed by atoms with Crippen LogP contribution in [0.4, 0.5) is 5.69 Å². The van der Waals surface area contributed by atoms with Crippen LogP contribution < -0.4 is 20.3 Å². The molecule has 2 aromatic carbocycles. The van der Waals surface area contributed by atoms with Crippen LogP contribution >= 0.6 is 0 Å². The van der Waals surface area contributed by atoms with Gasteiger partial charge in [0.2, 0.25) is 5.78 Å². The lowest BCUT2D eigenvalue weighted by atomic mass is 10.2. The highest BCUT2D eigenvalue weighted by Gasteiger charge is 2.14. The average Bonchev–Trinajstić information content (AvgIpc) is 3.23. The Balaban J connectivity index is 1.64. The first kappa shape index (κ1) is 20.7. The fourth-order valence-corrected chi connectivity index (χ4v) is 3.46. The Morgan fingerprint density at radius 2 is 1.71 bits per heavy atom. The van der Waals surface area contributed by atoms with Gasteiger partial charge in [-0.2, -0.15) is 0 Å². The molecule has 0 aliphatic rings. The van der Waals surface area contributed by atoms with Crippen LogP contribution in [0.2, 0.25) is 0 Å². The third kappa shape index (κ3) is 4.05. The number of anilines is 1. The summed E-state index contributed by atoms with van der Waals surface area (Å²) >= 11 is 0. The maximum Gasteiger partial charge on any atom is 0.262 e. The average molecular weight is 422 g/mol. The Labute approximate surface area is 180 Å². The van der Waals surface area contributed by atoms with E-state index in [9.17, 15) is 4.79 Å². The first-order chi connectivity index (χ1) is 15.1. The molecule has 0 bridgehead atoms. The van der Waals surface area contributed by atoms with Crippen molar-refractivity contribution in [2.24, 2.45) is 7.05 Å². The number of fused-ring (bicyclic) bond motifs is 3. The van der Waals surface area contributed by atoms with Crippen molar-refractivity contribution < 1.29 is 9.47 Å². The number of nitrogens with one attached hydrogen (secondary N) is 1. The van der Waals surface area contributed by atoms with Crippen LogP contribution in [0.3, 0.4) is 0 Å². The van der Waals surface area contributed by atoms with Crippen molar-refractivity contribution in [1.82, 2.24) is 19.2 Å². The molecule has 31 heavy (non-hydrogen) atoms. The van der Waals surface area contributed by atoms with E-state index in [1.165, 1.54) is 4.57 Å². The van der Waals surface area contributed by atoms with Gasteiger partial charge in [0, 0.05) is 18.8 Å². The summed E-state index contributed by atoms with van der Waals surface area (Å²) in [5, 5.41) is 12.6. The third-order valence-corrected chi connectivity index (χ3v) is 5.01. The molecule has 8 heteroatoms. The van der Waals surface area contributed by atoms with E-state index in [0.717, 1.165) is 35.5 Å². The second-order valence-electron chi connectivity index (χ2n) is 7.34. The van der Waals surface area contributed by atoms with Gasteiger partial charge < -0.3 is 14.8 Å². The molecule has 8 nitrogen and oxygen atoms in total. The molecule has 0 aliphatic carbocycles. The maximum absolute atomic E-state index is 12.6. The van der Waals surface area contributed by atoms with E-state index in [0.29, 0.717) is 36.7 Å². The summed E-state index contributed by atoms with van der Waals surface area (Å²) in [6.45, 7) is 5.85. The number of ether oxygens (including phenoxy) is 2. The zero-order valence-corrected chi connectivity index (χ0v) is 18.1. The summed E-state index contributed by atoms with van der Waals surface area (Å²) < 4.78 is 15.1. The first-order valence-electron chi connectivity index (χ1n) is 10.6. The van der Waals surface area contributed by atoms with Gasteiger partial charge in [-0.25, -0.2) is 0 Å². The molecular formula is C23H27N5O3. The third-order valence-electron chi connectivity index (χ3n) is 5.01. The van der Waals surface area contributed by atoms with Crippen molar-refractivity contribution >= 4 is 22.4 Å². The molecule has 2 heterocycles. The van der Waals surface area contributed by atoms with E-state index in [1.54, 1.807) is 7.05 Å². The summed E-state index contributed by atoms with van der Waals surface area (Å²) in [6, 6.07) is 13.3. The Bertz CT molecular complexity index is 1260. The highest BCUT2D eigenvalue weighted by Crippen LogP contribution is 2.31. The standard InChI is InChI=1S/C23H27N5O3/c1-4-12-30-19-11-10-16(14-20(19)31-13-5-2)24-15-21-25-26-23-27(3)22(29)17-8-6-7-9-18(17)28(21)23/h6-11,14,24H,4-5,12-13,15H2,1-3H3. The number of hydrogen-bond acceptors (Lipinski definition) is 6. The molecule has 1 N–H and O–H groups in total. The summed E-state index contributed by atoms with van der Waals surface area (Å²) in [6.07, 6.45) is 1.85. The SMILES string of the molecule is CCCOc1ccc(NCc2nnc3n(C)c(=O)c4ccccc4n23)cc1OCCC. The predicted molar refractivity (Wildman–Crippen MR) is 121 cm³/mol. The van der Waals surface area contributed by atoms with Crippen molar-refractivity contribution in [3.8, 4) is 11.5 Å². The van der Waals surface area contributed by atoms with E-state index in [1.807, 2.05) is 46.9 Å². The Morgan fingerprint density at radius 3 is 2.48 bits per heavy atom. The van der Waals surface area contributed by atoms with Crippen LogP contribution in [0, 0.1) is 0 Å². The van der Waals surface area contributed by atoms with Gasteiger partial charge >= 0.3 is 0 Å². The van der Waals surface area contributed by atoms with Crippen LogP contribution in [-0.4, -0.2) is 32.4 Å². The molecule has 4 aromatic rings. The van der Waals surface area contributed by atoms with E-state index >= 15 is 0 Å². The Morgan fingerprint density at radius 1 is 0.968 bits per heavy atom. The fourth-order valence-electron chi connectivity index (χ4n) is 3.46. The van der Waals surface area contributed by atoms with Crippen LogP contribution in [0.25, 0.3) is 16.7 Å². The monoisotopic (exact) mass is 421 g/mol. The minimum atomic E-state index is -0.0876. The van der Waals surface area contributed by atoms with Gasteiger partial charge in [-0.3, -0.25) is 13.8 Å². The fraction of sp³-hybridized carbons (Fsp3) is 0.348. The van der Waals surface area contributed by atoms with Gasteiger partial charge in [-0.15, -0.1) is 10.2 Å². The van der Waals surface area contributed by atoms with Gasteiger partial charge in [-0.05, 0) is 37.1 Å². The predicted octanol–water partition coefficient (Wildman–Crippen LogP) is 3.77. The second kappa shape index (κ2) is 9.07. The first-order valence-corrected chi connectivity index (χ1v) is 10.6. The van der Waals surface area contributed by atoms with Gasteiger partial charge in [0.15, 0.2) is 17.3 Å². The number of nitrogens with zero attached hydrogens (tertiary/aromatic N) is 4. The molecular weight excluding hydrogens is 394 g/mol. The molecule has 0 aliphatic heterocycles. The van der Waals surface area contributed by atoms with Crippen LogP contribution in [-0.2, 0) is 13.6 Å². The Hall–Kier alpha value is -3.55. The molecule has 0 spiro atoms.